The molecule has 1 aromatic rings. The molecule has 94 valence electrons. The molecule has 1 unspecified atom stereocenters. The second kappa shape index (κ2) is 4.69. The van der Waals surface area contributed by atoms with Crippen molar-refractivity contribution < 1.29 is 9.90 Å². The van der Waals surface area contributed by atoms with Crippen molar-refractivity contribution >= 4 is 5.97 Å². The summed E-state index contributed by atoms with van der Waals surface area (Å²) in [7, 11) is 0. The van der Waals surface area contributed by atoms with Crippen LogP contribution in [0.3, 0.4) is 0 Å². The predicted molar refractivity (Wildman–Crippen MR) is 64.2 cm³/mol. The van der Waals surface area contributed by atoms with Crippen molar-refractivity contribution in [3.63, 3.8) is 0 Å². The maximum atomic E-state index is 11.9. The Balaban J connectivity index is 3.49. The molecule has 1 heterocycles. The summed E-state index contributed by atoms with van der Waals surface area (Å²) in [6, 6.07) is 1.72. The van der Waals surface area contributed by atoms with Gasteiger partial charge in [-0.1, -0.05) is 13.3 Å². The first-order valence-corrected chi connectivity index (χ1v) is 5.64. The largest absolute Gasteiger partial charge is 0.479 e. The lowest BCUT2D eigenvalue weighted by Gasteiger charge is -2.28. The van der Waals surface area contributed by atoms with Gasteiger partial charge in [0.1, 0.15) is 5.54 Å². The van der Waals surface area contributed by atoms with Crippen molar-refractivity contribution in [2.75, 3.05) is 0 Å². The second-order valence-corrected chi connectivity index (χ2v) is 4.49. The van der Waals surface area contributed by atoms with Gasteiger partial charge in [-0.25, -0.2) is 9.59 Å². The summed E-state index contributed by atoms with van der Waals surface area (Å²) in [5.74, 6) is -1.00. The van der Waals surface area contributed by atoms with Crippen LogP contribution in [0.5, 0.6) is 0 Å². The van der Waals surface area contributed by atoms with Crippen molar-refractivity contribution in [2.24, 2.45) is 0 Å². The van der Waals surface area contributed by atoms with Crippen LogP contribution < -0.4 is 5.69 Å². The molecule has 0 radical (unpaired) electrons. The number of hydrogen-bond donors (Lipinski definition) is 1. The van der Waals surface area contributed by atoms with Crippen LogP contribution in [0.4, 0.5) is 0 Å². The highest BCUT2D eigenvalue weighted by molar-refractivity contribution is 5.76. The van der Waals surface area contributed by atoms with E-state index in [1.165, 1.54) is 4.57 Å². The molecule has 0 aliphatic heterocycles. The van der Waals surface area contributed by atoms with Crippen LogP contribution in [0.25, 0.3) is 0 Å². The highest BCUT2D eigenvalue weighted by Crippen LogP contribution is 2.22. The summed E-state index contributed by atoms with van der Waals surface area (Å²) in [5, 5.41) is 9.35. The summed E-state index contributed by atoms with van der Waals surface area (Å²) >= 11 is 0. The first-order valence-electron chi connectivity index (χ1n) is 5.64. The van der Waals surface area contributed by atoms with Gasteiger partial charge in [-0.2, -0.15) is 4.98 Å². The molecule has 17 heavy (non-hydrogen) atoms. The monoisotopic (exact) mass is 238 g/mol. The lowest BCUT2D eigenvalue weighted by molar-refractivity contribution is -0.147. The molecule has 5 heteroatoms. The van der Waals surface area contributed by atoms with E-state index in [0.717, 1.165) is 0 Å². The maximum absolute atomic E-state index is 11.9. The minimum atomic E-state index is -1.23. The number of carboxylic acid groups (broad SMARTS) is 1. The zero-order valence-electron chi connectivity index (χ0n) is 10.6. The van der Waals surface area contributed by atoms with Gasteiger partial charge < -0.3 is 5.11 Å². The molecule has 0 saturated heterocycles. The fourth-order valence-corrected chi connectivity index (χ4v) is 2.15. The number of aliphatic carboxylic acids is 1. The average molecular weight is 238 g/mol. The first-order chi connectivity index (χ1) is 7.82. The van der Waals surface area contributed by atoms with Gasteiger partial charge in [-0.15, -0.1) is 0 Å². The van der Waals surface area contributed by atoms with Crippen molar-refractivity contribution in [1.82, 2.24) is 9.55 Å². The van der Waals surface area contributed by atoms with Gasteiger partial charge in [-0.05, 0) is 33.3 Å². The molecule has 1 aromatic heterocycles. The molecule has 0 fully saturated rings. The van der Waals surface area contributed by atoms with Gasteiger partial charge in [0.05, 0.1) is 0 Å². The maximum Gasteiger partial charge on any atom is 0.348 e. The van der Waals surface area contributed by atoms with Crippen LogP contribution >= 0.6 is 0 Å². The van der Waals surface area contributed by atoms with Gasteiger partial charge >= 0.3 is 11.7 Å². The first kappa shape index (κ1) is 13.4. The quantitative estimate of drug-likeness (QED) is 0.862. The molecule has 0 saturated carbocycles. The van der Waals surface area contributed by atoms with E-state index in [1.807, 2.05) is 6.92 Å². The Morgan fingerprint density at radius 3 is 2.53 bits per heavy atom. The van der Waals surface area contributed by atoms with Crippen LogP contribution in [0, 0.1) is 13.8 Å². The highest BCUT2D eigenvalue weighted by atomic mass is 16.4. The molecular weight excluding hydrogens is 220 g/mol. The second-order valence-electron chi connectivity index (χ2n) is 4.49. The van der Waals surface area contributed by atoms with Crippen molar-refractivity contribution in [2.45, 2.75) is 46.1 Å². The smallest absolute Gasteiger partial charge is 0.348 e. The molecule has 0 spiro atoms. The summed E-state index contributed by atoms with van der Waals surface area (Å²) in [6.45, 7) is 6.90. The molecule has 1 N–H and O–H groups in total. The molecule has 0 aliphatic rings. The molecule has 5 nitrogen and oxygen atoms in total. The van der Waals surface area contributed by atoms with Crippen LogP contribution in [-0.4, -0.2) is 20.6 Å². The van der Waals surface area contributed by atoms with Crippen LogP contribution in [-0.2, 0) is 10.3 Å². The third-order valence-corrected chi connectivity index (χ3v) is 2.92. The SMILES string of the molecule is CCCC(C)(C(=O)O)n1c(C)cc(C)nc1=O. The third kappa shape index (κ3) is 2.38. The Kier molecular flexibility index (Phi) is 3.70. The minimum Gasteiger partial charge on any atom is -0.479 e. The Labute approximate surface area is 100 Å². The van der Waals surface area contributed by atoms with Crippen molar-refractivity contribution in [3.05, 3.63) is 27.9 Å². The van der Waals surface area contributed by atoms with E-state index in [2.05, 4.69) is 4.98 Å². The zero-order valence-corrected chi connectivity index (χ0v) is 10.6. The summed E-state index contributed by atoms with van der Waals surface area (Å²) in [5.41, 5.74) is -0.494. The van der Waals surface area contributed by atoms with E-state index in [9.17, 15) is 14.7 Å². The molecule has 1 atom stereocenters. The van der Waals surface area contributed by atoms with Crippen molar-refractivity contribution in [1.29, 1.82) is 0 Å². The molecule has 0 aromatic carbocycles. The van der Waals surface area contributed by atoms with Crippen LogP contribution in [0.15, 0.2) is 10.9 Å². The van der Waals surface area contributed by atoms with Crippen molar-refractivity contribution in [3.8, 4) is 0 Å². The molecule has 0 bridgehead atoms. The molecule has 0 amide bonds. The van der Waals surface area contributed by atoms with Crippen LogP contribution in [0.1, 0.15) is 38.1 Å². The normalized spacial score (nSPS) is 14.4. The number of carbonyl (C=O) groups is 1. The number of aryl methyl sites for hydroxylation is 2. The predicted octanol–water partition coefficient (Wildman–Crippen LogP) is 1.46. The number of rotatable bonds is 4. The van der Waals surface area contributed by atoms with E-state index in [1.54, 1.807) is 26.8 Å². The molecule has 0 aliphatic carbocycles. The average Bonchev–Trinajstić information content (AvgIpc) is 2.15. The number of nitrogens with zero attached hydrogens (tertiary/aromatic N) is 2. The van der Waals surface area contributed by atoms with E-state index in [4.69, 9.17) is 0 Å². The van der Waals surface area contributed by atoms with Gasteiger partial charge in [0.25, 0.3) is 0 Å². The number of aromatic nitrogens is 2. The summed E-state index contributed by atoms with van der Waals surface area (Å²) < 4.78 is 1.27. The van der Waals surface area contributed by atoms with E-state index < -0.39 is 17.2 Å². The standard InChI is InChI=1S/C12H18N2O3/c1-5-6-12(4,10(15)16)14-9(3)7-8(2)13-11(14)17/h7H,5-6H2,1-4H3,(H,15,16). The number of hydrogen-bond acceptors (Lipinski definition) is 3. The van der Waals surface area contributed by atoms with Gasteiger partial charge in [-0.3, -0.25) is 4.57 Å². The number of carboxylic acids is 1. The lowest BCUT2D eigenvalue weighted by atomic mass is 9.95. The minimum absolute atomic E-state index is 0.397. The van der Waals surface area contributed by atoms with Gasteiger partial charge in [0.2, 0.25) is 0 Å². The van der Waals surface area contributed by atoms with Crippen LogP contribution in [0.2, 0.25) is 0 Å². The van der Waals surface area contributed by atoms with E-state index >= 15 is 0 Å². The van der Waals surface area contributed by atoms with E-state index in [-0.39, 0.29) is 0 Å². The zero-order chi connectivity index (χ0) is 13.2. The topological polar surface area (TPSA) is 72.2 Å². The Morgan fingerprint density at radius 2 is 2.12 bits per heavy atom. The molecular formula is C12H18N2O3. The fraction of sp³-hybridized carbons (Fsp3) is 0.583. The van der Waals surface area contributed by atoms with E-state index in [0.29, 0.717) is 24.2 Å². The Morgan fingerprint density at radius 1 is 1.53 bits per heavy atom. The summed E-state index contributed by atoms with van der Waals surface area (Å²) in [6.07, 6.45) is 1.08. The van der Waals surface area contributed by atoms with Gasteiger partial charge in [0.15, 0.2) is 0 Å². The van der Waals surface area contributed by atoms with Gasteiger partial charge in [0, 0.05) is 11.4 Å². The highest BCUT2D eigenvalue weighted by Gasteiger charge is 2.36. The fourth-order valence-electron chi connectivity index (χ4n) is 2.15. The Hall–Kier alpha value is -1.65. The summed E-state index contributed by atoms with van der Waals surface area (Å²) in [4.78, 5) is 27.1. The molecule has 1 rings (SSSR count). The lowest BCUT2D eigenvalue weighted by Crippen LogP contribution is -2.47. The Bertz CT molecular complexity index is 493. The third-order valence-electron chi connectivity index (χ3n) is 2.92.